The van der Waals surface area contributed by atoms with Crippen LogP contribution in [0.15, 0.2) is 42.5 Å². The van der Waals surface area contributed by atoms with Gasteiger partial charge in [-0.3, -0.25) is 14.4 Å². The van der Waals surface area contributed by atoms with Crippen LogP contribution in [-0.4, -0.2) is 42.8 Å². The Hall–Kier alpha value is -2.89. The van der Waals surface area contributed by atoms with Gasteiger partial charge in [0, 0.05) is 38.0 Å². The number of benzene rings is 2. The van der Waals surface area contributed by atoms with E-state index in [9.17, 15) is 14.4 Å². The summed E-state index contributed by atoms with van der Waals surface area (Å²) in [5.74, 6) is -0.641. The number of fused-ring (bicyclic) bond motifs is 1. The van der Waals surface area contributed by atoms with Crippen LogP contribution in [-0.2, 0) is 14.4 Å². The van der Waals surface area contributed by atoms with Gasteiger partial charge < -0.3 is 15.5 Å². The predicted octanol–water partition coefficient (Wildman–Crippen LogP) is 1.76. The number of hydrogen-bond acceptors (Lipinski definition) is 3. The zero-order valence-electron chi connectivity index (χ0n) is 13.8. The van der Waals surface area contributed by atoms with Gasteiger partial charge in [-0.2, -0.15) is 0 Å². The van der Waals surface area contributed by atoms with Crippen LogP contribution in [0.2, 0.25) is 0 Å². The molecule has 0 saturated carbocycles. The topological polar surface area (TPSA) is 78.5 Å². The SMILES string of the molecule is CC(=O)NCCC(=O)N(C)CC(=O)Nc1cccc2ccccc12. The Labute approximate surface area is 140 Å². The van der Waals surface area contributed by atoms with Crippen LogP contribution >= 0.6 is 0 Å². The summed E-state index contributed by atoms with van der Waals surface area (Å²) in [7, 11) is 1.57. The van der Waals surface area contributed by atoms with Crippen LogP contribution in [0.1, 0.15) is 13.3 Å². The zero-order valence-corrected chi connectivity index (χ0v) is 13.8. The lowest BCUT2D eigenvalue weighted by atomic mass is 10.1. The van der Waals surface area contributed by atoms with Crippen molar-refractivity contribution in [2.75, 3.05) is 25.5 Å². The summed E-state index contributed by atoms with van der Waals surface area (Å²) in [6, 6.07) is 13.4. The van der Waals surface area contributed by atoms with Gasteiger partial charge in [-0.1, -0.05) is 36.4 Å². The molecule has 0 unspecified atom stereocenters. The van der Waals surface area contributed by atoms with Gasteiger partial charge in [0.15, 0.2) is 0 Å². The van der Waals surface area contributed by atoms with Gasteiger partial charge in [-0.15, -0.1) is 0 Å². The monoisotopic (exact) mass is 327 g/mol. The van der Waals surface area contributed by atoms with Crippen molar-refractivity contribution in [3.8, 4) is 0 Å². The molecule has 3 amide bonds. The zero-order chi connectivity index (χ0) is 17.5. The molecule has 126 valence electrons. The molecule has 0 heterocycles. The number of nitrogens with zero attached hydrogens (tertiary/aromatic N) is 1. The van der Waals surface area contributed by atoms with Crippen LogP contribution < -0.4 is 10.6 Å². The first-order valence-corrected chi connectivity index (χ1v) is 7.73. The number of rotatable bonds is 6. The van der Waals surface area contributed by atoms with E-state index in [0.29, 0.717) is 0 Å². The third-order valence-electron chi connectivity index (χ3n) is 3.58. The molecule has 0 fully saturated rings. The van der Waals surface area contributed by atoms with Crippen LogP contribution in [0.4, 0.5) is 5.69 Å². The van der Waals surface area contributed by atoms with Crippen molar-refractivity contribution < 1.29 is 14.4 Å². The first-order chi connectivity index (χ1) is 11.5. The molecule has 0 saturated heterocycles. The minimum absolute atomic E-state index is 0.0396. The van der Waals surface area contributed by atoms with E-state index in [2.05, 4.69) is 10.6 Å². The Morgan fingerprint density at radius 2 is 1.75 bits per heavy atom. The Morgan fingerprint density at radius 3 is 2.50 bits per heavy atom. The molecule has 0 aromatic heterocycles. The highest BCUT2D eigenvalue weighted by Crippen LogP contribution is 2.22. The summed E-state index contributed by atoms with van der Waals surface area (Å²) in [6.07, 6.45) is 0.164. The minimum Gasteiger partial charge on any atom is -0.356 e. The third kappa shape index (κ3) is 4.81. The molecular weight excluding hydrogens is 306 g/mol. The molecule has 2 aromatic rings. The summed E-state index contributed by atoms with van der Waals surface area (Å²) in [5.41, 5.74) is 0.720. The summed E-state index contributed by atoms with van der Waals surface area (Å²) < 4.78 is 0. The third-order valence-corrected chi connectivity index (χ3v) is 3.58. The molecule has 0 atom stereocenters. The van der Waals surface area contributed by atoms with Crippen LogP contribution in [0.25, 0.3) is 10.8 Å². The molecule has 0 aliphatic rings. The van der Waals surface area contributed by atoms with Crippen molar-refractivity contribution in [3.63, 3.8) is 0 Å². The number of carbonyl (C=O) groups excluding carboxylic acids is 3. The number of carbonyl (C=O) groups is 3. The maximum Gasteiger partial charge on any atom is 0.243 e. The average molecular weight is 327 g/mol. The van der Waals surface area contributed by atoms with Crippen molar-refractivity contribution >= 4 is 34.2 Å². The molecule has 2 aromatic carbocycles. The second kappa shape index (κ2) is 8.10. The second-order valence-electron chi connectivity index (χ2n) is 5.56. The molecule has 0 aliphatic heterocycles. The van der Waals surface area contributed by atoms with Crippen LogP contribution in [0.3, 0.4) is 0 Å². The van der Waals surface area contributed by atoms with Crippen molar-refractivity contribution in [1.82, 2.24) is 10.2 Å². The van der Waals surface area contributed by atoms with Gasteiger partial charge in [0.2, 0.25) is 17.7 Å². The van der Waals surface area contributed by atoms with E-state index in [1.165, 1.54) is 11.8 Å². The van der Waals surface area contributed by atoms with Crippen LogP contribution in [0, 0.1) is 0 Å². The number of likely N-dealkylation sites (N-methyl/N-ethyl adjacent to an activating group) is 1. The van der Waals surface area contributed by atoms with Gasteiger partial charge in [-0.25, -0.2) is 0 Å². The van der Waals surface area contributed by atoms with E-state index in [0.717, 1.165) is 16.5 Å². The van der Waals surface area contributed by atoms with Gasteiger partial charge >= 0.3 is 0 Å². The largest absolute Gasteiger partial charge is 0.356 e. The fraction of sp³-hybridized carbons (Fsp3) is 0.278. The maximum atomic E-state index is 12.2. The van der Waals surface area contributed by atoms with E-state index in [-0.39, 0.29) is 37.2 Å². The lowest BCUT2D eigenvalue weighted by Gasteiger charge is -2.17. The molecule has 24 heavy (non-hydrogen) atoms. The summed E-state index contributed by atoms with van der Waals surface area (Å²) >= 11 is 0. The second-order valence-corrected chi connectivity index (χ2v) is 5.56. The summed E-state index contributed by atoms with van der Waals surface area (Å²) in [5, 5.41) is 7.39. The van der Waals surface area contributed by atoms with Gasteiger partial charge in [0.05, 0.1) is 6.54 Å². The minimum atomic E-state index is -0.262. The molecular formula is C18H21N3O3. The first kappa shape index (κ1) is 17.5. The van der Waals surface area contributed by atoms with E-state index in [1.54, 1.807) is 7.05 Å². The van der Waals surface area contributed by atoms with Crippen molar-refractivity contribution in [2.24, 2.45) is 0 Å². The quantitative estimate of drug-likeness (QED) is 0.848. The van der Waals surface area contributed by atoms with Crippen molar-refractivity contribution in [1.29, 1.82) is 0 Å². The normalized spacial score (nSPS) is 10.2. The Bertz CT molecular complexity index is 753. The maximum absolute atomic E-state index is 12.2. The molecule has 2 N–H and O–H groups in total. The van der Waals surface area contributed by atoms with E-state index in [1.807, 2.05) is 42.5 Å². The first-order valence-electron chi connectivity index (χ1n) is 7.73. The highest BCUT2D eigenvalue weighted by atomic mass is 16.2. The Kier molecular flexibility index (Phi) is 5.89. The van der Waals surface area contributed by atoms with E-state index < -0.39 is 0 Å². The number of amides is 3. The van der Waals surface area contributed by atoms with E-state index >= 15 is 0 Å². The molecule has 6 nitrogen and oxygen atoms in total. The highest BCUT2D eigenvalue weighted by Gasteiger charge is 2.13. The molecule has 6 heteroatoms. The molecule has 2 rings (SSSR count). The Morgan fingerprint density at radius 1 is 1.04 bits per heavy atom. The summed E-state index contributed by atoms with van der Waals surface area (Å²) in [4.78, 5) is 36.2. The van der Waals surface area contributed by atoms with Crippen molar-refractivity contribution in [3.05, 3.63) is 42.5 Å². The average Bonchev–Trinajstić information content (AvgIpc) is 2.54. The molecule has 0 radical (unpaired) electrons. The predicted molar refractivity (Wildman–Crippen MR) is 93.5 cm³/mol. The van der Waals surface area contributed by atoms with Gasteiger partial charge in [0.25, 0.3) is 0 Å². The molecule has 0 bridgehead atoms. The lowest BCUT2D eigenvalue weighted by molar-refractivity contribution is -0.133. The fourth-order valence-electron chi connectivity index (χ4n) is 2.36. The van der Waals surface area contributed by atoms with Gasteiger partial charge in [-0.05, 0) is 11.5 Å². The molecule has 0 spiro atoms. The van der Waals surface area contributed by atoms with E-state index in [4.69, 9.17) is 0 Å². The van der Waals surface area contributed by atoms with Gasteiger partial charge in [0.1, 0.15) is 0 Å². The summed E-state index contributed by atoms with van der Waals surface area (Å²) in [6.45, 7) is 1.62. The lowest BCUT2D eigenvalue weighted by Crippen LogP contribution is -2.36. The fourth-order valence-corrected chi connectivity index (χ4v) is 2.36. The van der Waals surface area contributed by atoms with Crippen LogP contribution in [0.5, 0.6) is 0 Å². The highest BCUT2D eigenvalue weighted by molar-refractivity contribution is 6.03. The number of hydrogen-bond donors (Lipinski definition) is 2. The molecule has 0 aliphatic carbocycles. The van der Waals surface area contributed by atoms with Crippen molar-refractivity contribution in [2.45, 2.75) is 13.3 Å². The Balaban J connectivity index is 1.92. The number of nitrogens with one attached hydrogen (secondary N) is 2. The number of anilines is 1. The standard InChI is InChI=1S/C18H21N3O3/c1-13(22)19-11-10-18(24)21(2)12-17(23)20-16-9-5-7-14-6-3-4-8-15(14)16/h3-9H,10-12H2,1-2H3,(H,19,22)(H,20,23). The smallest absolute Gasteiger partial charge is 0.243 e.